The molecule has 0 unspecified atom stereocenters. The van der Waals surface area contributed by atoms with E-state index in [9.17, 15) is 14.9 Å². The molecule has 0 aliphatic rings. The minimum absolute atomic E-state index is 0.111. The lowest BCUT2D eigenvalue weighted by Crippen LogP contribution is -2.03. The van der Waals surface area contributed by atoms with Gasteiger partial charge in [-0.1, -0.05) is 13.3 Å². The second-order valence-electron chi connectivity index (χ2n) is 3.31. The molecule has 0 fully saturated rings. The SMILES string of the molecule is CCCCSc1ncc([N+](=O)[O-])cc1C(=O)O. The molecule has 0 atom stereocenters. The predicted octanol–water partition coefficient (Wildman–Crippen LogP) is 2.58. The van der Waals surface area contributed by atoms with E-state index in [1.54, 1.807) is 0 Å². The van der Waals surface area contributed by atoms with E-state index in [2.05, 4.69) is 4.98 Å². The Labute approximate surface area is 102 Å². The van der Waals surface area contributed by atoms with Crippen LogP contribution < -0.4 is 0 Å². The highest BCUT2D eigenvalue weighted by Gasteiger charge is 2.17. The molecule has 0 spiro atoms. The second kappa shape index (κ2) is 6.19. The van der Waals surface area contributed by atoms with Crippen LogP contribution >= 0.6 is 11.8 Å². The Morgan fingerprint density at radius 2 is 2.35 bits per heavy atom. The van der Waals surface area contributed by atoms with Crippen LogP contribution in [0.2, 0.25) is 0 Å². The largest absolute Gasteiger partial charge is 0.478 e. The van der Waals surface area contributed by atoms with E-state index >= 15 is 0 Å². The summed E-state index contributed by atoms with van der Waals surface area (Å²) in [6, 6.07) is 1.05. The first-order valence-corrected chi connectivity index (χ1v) is 6.05. The van der Waals surface area contributed by atoms with Gasteiger partial charge in [-0.2, -0.15) is 0 Å². The summed E-state index contributed by atoms with van der Waals surface area (Å²) in [7, 11) is 0. The molecule has 1 N–H and O–H groups in total. The molecule has 17 heavy (non-hydrogen) atoms. The lowest BCUT2D eigenvalue weighted by Gasteiger charge is -2.03. The van der Waals surface area contributed by atoms with Crippen LogP contribution in [0.4, 0.5) is 5.69 Å². The van der Waals surface area contributed by atoms with E-state index in [-0.39, 0.29) is 11.3 Å². The molecular formula is C10H12N2O4S. The number of hydrogen-bond donors (Lipinski definition) is 1. The Kier molecular flexibility index (Phi) is 4.89. The van der Waals surface area contributed by atoms with Crippen LogP contribution in [0.5, 0.6) is 0 Å². The average molecular weight is 256 g/mol. The Bertz CT molecular complexity index is 436. The van der Waals surface area contributed by atoms with Crippen LogP contribution in [0.25, 0.3) is 0 Å². The monoisotopic (exact) mass is 256 g/mol. The van der Waals surface area contributed by atoms with Gasteiger partial charge >= 0.3 is 5.97 Å². The molecule has 0 aliphatic carbocycles. The fourth-order valence-electron chi connectivity index (χ4n) is 1.12. The topological polar surface area (TPSA) is 93.3 Å². The second-order valence-corrected chi connectivity index (χ2v) is 4.39. The van der Waals surface area contributed by atoms with Crippen molar-refractivity contribution < 1.29 is 14.8 Å². The third-order valence-corrected chi connectivity index (χ3v) is 3.11. The first-order valence-electron chi connectivity index (χ1n) is 5.06. The van der Waals surface area contributed by atoms with E-state index < -0.39 is 10.9 Å². The van der Waals surface area contributed by atoms with Crippen LogP contribution in [0.3, 0.4) is 0 Å². The maximum atomic E-state index is 11.0. The molecule has 7 heteroatoms. The third kappa shape index (κ3) is 3.70. The molecule has 0 saturated carbocycles. The molecule has 1 heterocycles. The van der Waals surface area contributed by atoms with Crippen molar-refractivity contribution in [3.63, 3.8) is 0 Å². The number of nitrogens with zero attached hydrogens (tertiary/aromatic N) is 2. The third-order valence-electron chi connectivity index (χ3n) is 2.01. The van der Waals surface area contributed by atoms with E-state index in [4.69, 9.17) is 5.11 Å². The lowest BCUT2D eigenvalue weighted by molar-refractivity contribution is -0.385. The normalized spacial score (nSPS) is 10.2. The van der Waals surface area contributed by atoms with Crippen molar-refractivity contribution in [2.75, 3.05) is 5.75 Å². The van der Waals surface area contributed by atoms with Gasteiger partial charge in [-0.3, -0.25) is 10.1 Å². The Balaban J connectivity index is 2.96. The number of aromatic carboxylic acids is 1. The van der Waals surface area contributed by atoms with Crippen molar-refractivity contribution in [2.45, 2.75) is 24.8 Å². The van der Waals surface area contributed by atoms with Crippen molar-refractivity contribution in [2.24, 2.45) is 0 Å². The van der Waals surface area contributed by atoms with E-state index in [0.29, 0.717) is 5.03 Å². The van der Waals surface area contributed by atoms with Gasteiger partial charge in [-0.15, -0.1) is 11.8 Å². The Hall–Kier alpha value is -1.63. The Morgan fingerprint density at radius 3 is 2.88 bits per heavy atom. The minimum Gasteiger partial charge on any atom is -0.478 e. The molecule has 1 aromatic rings. The summed E-state index contributed by atoms with van der Waals surface area (Å²) in [5, 5.41) is 19.8. The highest BCUT2D eigenvalue weighted by Crippen LogP contribution is 2.24. The first kappa shape index (κ1) is 13.4. The molecule has 0 aromatic carbocycles. The zero-order valence-corrected chi connectivity index (χ0v) is 10.1. The zero-order valence-electron chi connectivity index (χ0n) is 9.25. The standard InChI is InChI=1S/C10H12N2O4S/c1-2-3-4-17-9-8(10(13)14)5-7(6-11-9)12(15)16/h5-6H,2-4H2,1H3,(H,13,14). The number of carboxylic acid groups (broad SMARTS) is 1. The number of hydrogen-bond acceptors (Lipinski definition) is 5. The summed E-state index contributed by atoms with van der Waals surface area (Å²) >= 11 is 1.31. The van der Waals surface area contributed by atoms with Gasteiger partial charge in [-0.25, -0.2) is 9.78 Å². The van der Waals surface area contributed by atoms with Crippen LogP contribution in [-0.2, 0) is 0 Å². The summed E-state index contributed by atoms with van der Waals surface area (Å²) in [6.45, 7) is 2.03. The zero-order chi connectivity index (χ0) is 12.8. The smallest absolute Gasteiger partial charge is 0.338 e. The van der Waals surface area contributed by atoms with Crippen molar-refractivity contribution in [1.82, 2.24) is 4.98 Å². The maximum absolute atomic E-state index is 11.0. The van der Waals surface area contributed by atoms with Gasteiger partial charge in [-0.05, 0) is 12.2 Å². The van der Waals surface area contributed by atoms with Gasteiger partial charge in [0.2, 0.25) is 0 Å². The molecule has 0 amide bonds. The van der Waals surface area contributed by atoms with Crippen molar-refractivity contribution in [3.05, 3.63) is 27.9 Å². The highest BCUT2D eigenvalue weighted by atomic mass is 32.2. The summed E-state index contributed by atoms with van der Waals surface area (Å²) in [6.07, 6.45) is 3.03. The molecule has 92 valence electrons. The highest BCUT2D eigenvalue weighted by molar-refractivity contribution is 7.99. The van der Waals surface area contributed by atoms with E-state index in [1.165, 1.54) is 11.8 Å². The molecule has 0 radical (unpaired) electrons. The van der Waals surface area contributed by atoms with Gasteiger partial charge < -0.3 is 5.11 Å². The predicted molar refractivity (Wildman–Crippen MR) is 63.5 cm³/mol. The summed E-state index contributed by atoms with van der Waals surface area (Å²) in [4.78, 5) is 24.6. The average Bonchev–Trinajstić information content (AvgIpc) is 2.29. The van der Waals surface area contributed by atoms with E-state index in [1.807, 2.05) is 6.92 Å². The molecule has 0 saturated heterocycles. The minimum atomic E-state index is -1.19. The number of thioether (sulfide) groups is 1. The van der Waals surface area contributed by atoms with Crippen LogP contribution in [0, 0.1) is 10.1 Å². The fraction of sp³-hybridized carbons (Fsp3) is 0.400. The van der Waals surface area contributed by atoms with Crippen LogP contribution in [-0.4, -0.2) is 26.7 Å². The van der Waals surface area contributed by atoms with Crippen LogP contribution in [0.1, 0.15) is 30.1 Å². The van der Waals surface area contributed by atoms with Gasteiger partial charge in [0.15, 0.2) is 0 Å². The number of carboxylic acids is 1. The summed E-state index contributed by atoms with van der Waals surface area (Å²) in [5.41, 5.74) is -0.414. The summed E-state index contributed by atoms with van der Waals surface area (Å²) < 4.78 is 0. The first-order chi connectivity index (χ1) is 8.06. The number of rotatable bonds is 6. The fourth-order valence-corrected chi connectivity index (χ4v) is 2.18. The van der Waals surface area contributed by atoms with Crippen molar-refractivity contribution >= 4 is 23.4 Å². The van der Waals surface area contributed by atoms with E-state index in [0.717, 1.165) is 30.9 Å². The van der Waals surface area contributed by atoms with Gasteiger partial charge in [0, 0.05) is 6.07 Å². The number of carbonyl (C=O) groups is 1. The summed E-state index contributed by atoms with van der Waals surface area (Å²) in [5.74, 6) is -0.443. The molecule has 6 nitrogen and oxygen atoms in total. The van der Waals surface area contributed by atoms with Crippen molar-refractivity contribution in [3.8, 4) is 0 Å². The van der Waals surface area contributed by atoms with Gasteiger partial charge in [0.25, 0.3) is 5.69 Å². The van der Waals surface area contributed by atoms with Crippen molar-refractivity contribution in [1.29, 1.82) is 0 Å². The van der Waals surface area contributed by atoms with Gasteiger partial charge in [0.05, 0.1) is 10.5 Å². The van der Waals surface area contributed by atoms with Gasteiger partial charge in [0.1, 0.15) is 11.2 Å². The molecule has 0 bridgehead atoms. The number of pyridine rings is 1. The molecule has 1 rings (SSSR count). The molecule has 1 aromatic heterocycles. The molecular weight excluding hydrogens is 244 g/mol. The quantitative estimate of drug-likeness (QED) is 0.364. The number of unbranched alkanes of at least 4 members (excludes halogenated alkanes) is 1. The number of nitro groups is 1. The van der Waals surface area contributed by atoms with Crippen LogP contribution in [0.15, 0.2) is 17.3 Å². The lowest BCUT2D eigenvalue weighted by atomic mass is 10.3. The molecule has 0 aliphatic heterocycles. The number of aromatic nitrogens is 1. The maximum Gasteiger partial charge on any atom is 0.338 e. The Morgan fingerprint density at radius 1 is 1.65 bits per heavy atom.